The first-order valence-corrected chi connectivity index (χ1v) is 15.8. The minimum Gasteiger partial charge on any atom is -0.497 e. The van der Waals surface area contributed by atoms with Crippen molar-refractivity contribution in [1.29, 1.82) is 0 Å². The highest BCUT2D eigenvalue weighted by molar-refractivity contribution is 6.32. The summed E-state index contributed by atoms with van der Waals surface area (Å²) in [6, 6.07) is 22.0. The van der Waals surface area contributed by atoms with Crippen molar-refractivity contribution in [3.8, 4) is 5.75 Å². The molecule has 1 aliphatic heterocycles. The molecule has 0 aliphatic carbocycles. The number of hydrogen-bond acceptors (Lipinski definition) is 5. The zero-order chi connectivity index (χ0) is 32.1. The minimum atomic E-state index is -0.703. The fraction of sp³-hybridized carbons (Fsp3) is 0.278. The van der Waals surface area contributed by atoms with E-state index < -0.39 is 6.04 Å². The predicted molar refractivity (Wildman–Crippen MR) is 182 cm³/mol. The number of halogens is 2. The summed E-state index contributed by atoms with van der Waals surface area (Å²) in [5, 5.41) is 4.12. The van der Waals surface area contributed by atoms with E-state index in [9.17, 15) is 9.59 Å². The standard InChI is InChI=1S/C36H36Cl2N4O3/c1-5-22(2)35(43)41-34-23(3)18-26(20-39-34)33-29-19-27(37)13-17-32(29)42(21-24-10-14-28(45-4)15-11-24)36(44)31(40-33)16-12-25-8-6-7-9-30(25)38/h6-11,13-15,17-20,22,31H,5,12,16,21H2,1-4H3,(H,39,41,43). The second-order valence-electron chi connectivity index (χ2n) is 11.2. The molecule has 232 valence electrons. The van der Waals surface area contributed by atoms with Crippen molar-refractivity contribution in [2.45, 2.75) is 52.6 Å². The average Bonchev–Trinajstić information content (AvgIpc) is 3.15. The van der Waals surface area contributed by atoms with Crippen LogP contribution in [0.2, 0.25) is 10.0 Å². The van der Waals surface area contributed by atoms with Gasteiger partial charge in [-0.15, -0.1) is 0 Å². The molecule has 3 aromatic carbocycles. The van der Waals surface area contributed by atoms with Gasteiger partial charge in [0.25, 0.3) is 5.91 Å². The van der Waals surface area contributed by atoms with Gasteiger partial charge in [0.1, 0.15) is 17.6 Å². The van der Waals surface area contributed by atoms with Crippen molar-refractivity contribution in [3.05, 3.63) is 117 Å². The van der Waals surface area contributed by atoms with Crippen LogP contribution in [0.3, 0.4) is 0 Å². The third kappa shape index (κ3) is 7.38. The third-order valence-corrected chi connectivity index (χ3v) is 8.74. The van der Waals surface area contributed by atoms with Gasteiger partial charge in [0.15, 0.2) is 0 Å². The highest BCUT2D eigenvalue weighted by atomic mass is 35.5. The predicted octanol–water partition coefficient (Wildman–Crippen LogP) is 8.08. The summed E-state index contributed by atoms with van der Waals surface area (Å²) in [4.78, 5) is 38.5. The van der Waals surface area contributed by atoms with Crippen molar-refractivity contribution in [2.24, 2.45) is 10.9 Å². The number of carbonyl (C=O) groups is 2. The Morgan fingerprint density at radius 1 is 1.07 bits per heavy atom. The van der Waals surface area contributed by atoms with E-state index in [2.05, 4.69) is 10.3 Å². The van der Waals surface area contributed by atoms with E-state index in [-0.39, 0.29) is 17.7 Å². The largest absolute Gasteiger partial charge is 0.497 e. The van der Waals surface area contributed by atoms with Gasteiger partial charge in [0.05, 0.1) is 25.1 Å². The molecule has 0 spiro atoms. The van der Waals surface area contributed by atoms with E-state index in [1.807, 2.05) is 87.5 Å². The Labute approximate surface area is 274 Å². The number of aryl methyl sites for hydroxylation is 2. The number of carbonyl (C=O) groups excluding carboxylic acids is 2. The average molecular weight is 644 g/mol. The number of amides is 2. The fourth-order valence-electron chi connectivity index (χ4n) is 5.26. The molecule has 9 heteroatoms. The zero-order valence-corrected chi connectivity index (χ0v) is 27.3. The van der Waals surface area contributed by atoms with Crippen LogP contribution in [0, 0.1) is 12.8 Å². The van der Waals surface area contributed by atoms with E-state index in [1.165, 1.54) is 0 Å². The van der Waals surface area contributed by atoms with Gasteiger partial charge < -0.3 is 15.0 Å². The number of aromatic nitrogens is 1. The maximum atomic E-state index is 14.4. The van der Waals surface area contributed by atoms with Crippen molar-refractivity contribution in [2.75, 3.05) is 17.3 Å². The number of ether oxygens (including phenoxy) is 1. The van der Waals surface area contributed by atoms with E-state index in [0.717, 1.165) is 40.0 Å². The molecule has 2 heterocycles. The smallest absolute Gasteiger partial charge is 0.252 e. The molecular formula is C36H36Cl2N4O3. The van der Waals surface area contributed by atoms with Gasteiger partial charge in [-0.3, -0.25) is 14.6 Å². The third-order valence-electron chi connectivity index (χ3n) is 8.14. The molecule has 5 rings (SSSR count). The number of hydrogen-bond donors (Lipinski definition) is 1. The summed E-state index contributed by atoms with van der Waals surface area (Å²) in [5.74, 6) is 0.899. The molecule has 45 heavy (non-hydrogen) atoms. The Morgan fingerprint density at radius 2 is 1.82 bits per heavy atom. The molecule has 0 fully saturated rings. The first-order chi connectivity index (χ1) is 21.7. The molecule has 1 aromatic heterocycles. The molecule has 1 aliphatic rings. The maximum absolute atomic E-state index is 14.4. The van der Waals surface area contributed by atoms with E-state index in [0.29, 0.717) is 46.6 Å². The topological polar surface area (TPSA) is 83.9 Å². The number of aliphatic imine (C=N–C) groups is 1. The second kappa shape index (κ2) is 14.3. The SMILES string of the molecule is CCC(C)C(=O)Nc1ncc(C2=NC(CCc3ccccc3Cl)C(=O)N(Cc3ccc(OC)cc3)c3ccc(Cl)cc32)cc1C. The number of methoxy groups -OCH3 is 1. The highest BCUT2D eigenvalue weighted by Gasteiger charge is 2.33. The second-order valence-corrected chi connectivity index (χ2v) is 12.1. The Bertz CT molecular complexity index is 1740. The first-order valence-electron chi connectivity index (χ1n) is 15.0. The number of benzodiazepines with no additional fused rings is 1. The van der Waals surface area contributed by atoms with Crippen molar-refractivity contribution in [3.63, 3.8) is 0 Å². The summed E-state index contributed by atoms with van der Waals surface area (Å²) < 4.78 is 5.34. The van der Waals surface area contributed by atoms with E-state index in [4.69, 9.17) is 32.9 Å². The van der Waals surface area contributed by atoms with Crippen LogP contribution in [-0.2, 0) is 22.6 Å². The van der Waals surface area contributed by atoms with Crippen LogP contribution < -0.4 is 15.0 Å². The Hall–Kier alpha value is -4.20. The van der Waals surface area contributed by atoms with Gasteiger partial charge in [-0.25, -0.2) is 4.98 Å². The molecule has 2 atom stereocenters. The van der Waals surface area contributed by atoms with E-state index >= 15 is 0 Å². The summed E-state index contributed by atoms with van der Waals surface area (Å²) >= 11 is 13.1. The molecule has 0 radical (unpaired) electrons. The quantitative estimate of drug-likeness (QED) is 0.189. The van der Waals surface area contributed by atoms with Gasteiger partial charge in [-0.1, -0.05) is 67.4 Å². The lowest BCUT2D eigenvalue weighted by Gasteiger charge is -2.26. The molecule has 7 nitrogen and oxygen atoms in total. The van der Waals surface area contributed by atoms with E-state index in [1.54, 1.807) is 24.3 Å². The maximum Gasteiger partial charge on any atom is 0.252 e. The number of pyridine rings is 1. The number of fused-ring (bicyclic) bond motifs is 1. The number of rotatable bonds is 10. The summed E-state index contributed by atoms with van der Waals surface area (Å²) in [7, 11) is 1.62. The number of benzene rings is 3. The van der Waals surface area contributed by atoms with Crippen LogP contribution in [0.15, 0.2) is 84.0 Å². The van der Waals surface area contributed by atoms with Crippen LogP contribution in [0.4, 0.5) is 11.5 Å². The summed E-state index contributed by atoms with van der Waals surface area (Å²) in [5.41, 5.74) is 5.44. The van der Waals surface area contributed by atoms with Crippen LogP contribution in [0.25, 0.3) is 0 Å². The molecule has 0 bridgehead atoms. The summed E-state index contributed by atoms with van der Waals surface area (Å²) in [6.07, 6.45) is 3.44. The van der Waals surface area contributed by atoms with Gasteiger partial charge in [-0.05, 0) is 85.3 Å². The molecule has 0 saturated heterocycles. The van der Waals surface area contributed by atoms with Gasteiger partial charge in [0, 0.05) is 33.3 Å². The number of nitrogens with zero attached hydrogens (tertiary/aromatic N) is 3. The van der Waals surface area contributed by atoms with Crippen LogP contribution in [-0.4, -0.2) is 35.7 Å². The highest BCUT2D eigenvalue weighted by Crippen LogP contribution is 2.34. The molecule has 2 unspecified atom stereocenters. The molecule has 1 N–H and O–H groups in total. The molecule has 2 amide bonds. The monoisotopic (exact) mass is 642 g/mol. The van der Waals surface area contributed by atoms with Gasteiger partial charge in [-0.2, -0.15) is 0 Å². The van der Waals surface area contributed by atoms with Crippen molar-refractivity contribution >= 4 is 52.2 Å². The lowest BCUT2D eigenvalue weighted by atomic mass is 10.00. The Morgan fingerprint density at radius 3 is 2.51 bits per heavy atom. The van der Waals surface area contributed by atoms with Crippen LogP contribution in [0.1, 0.15) is 54.5 Å². The lowest BCUT2D eigenvalue weighted by molar-refractivity contribution is -0.120. The Balaban J connectivity index is 1.59. The summed E-state index contributed by atoms with van der Waals surface area (Å²) in [6.45, 7) is 6.09. The molecule has 0 saturated carbocycles. The van der Waals surface area contributed by atoms with Crippen LogP contribution in [0.5, 0.6) is 5.75 Å². The first kappa shape index (κ1) is 32.2. The molecule has 4 aromatic rings. The molecular weight excluding hydrogens is 607 g/mol. The normalized spacial score (nSPS) is 15.2. The van der Waals surface area contributed by atoms with Crippen LogP contribution >= 0.6 is 23.2 Å². The number of nitrogens with one attached hydrogen (secondary N) is 1. The van der Waals surface area contributed by atoms with Gasteiger partial charge in [0.2, 0.25) is 5.91 Å². The fourth-order valence-corrected chi connectivity index (χ4v) is 5.66. The van der Waals surface area contributed by atoms with Crippen molar-refractivity contribution < 1.29 is 14.3 Å². The lowest BCUT2D eigenvalue weighted by Crippen LogP contribution is -2.37. The minimum absolute atomic E-state index is 0.0795. The van der Waals surface area contributed by atoms with Crippen molar-refractivity contribution in [1.82, 2.24) is 4.98 Å². The zero-order valence-electron chi connectivity index (χ0n) is 25.8. The Kier molecular flexibility index (Phi) is 10.2. The van der Waals surface area contributed by atoms with Gasteiger partial charge >= 0.3 is 0 Å². The number of anilines is 2.